The van der Waals surface area contributed by atoms with Crippen LogP contribution in [0.15, 0.2) is 0 Å². The van der Waals surface area contributed by atoms with Gasteiger partial charge in [0, 0.05) is 0 Å². The maximum atomic E-state index is 9.58. The van der Waals surface area contributed by atoms with Crippen molar-refractivity contribution in [3.8, 4) is 0 Å². The van der Waals surface area contributed by atoms with Crippen LogP contribution in [0.3, 0.4) is 0 Å². The van der Waals surface area contributed by atoms with Crippen molar-refractivity contribution in [2.75, 3.05) is 0 Å². The van der Waals surface area contributed by atoms with Crippen molar-refractivity contribution in [3.05, 3.63) is 6.68 Å². The van der Waals surface area contributed by atoms with Gasteiger partial charge in [0.1, 0.15) is 0 Å². The molecule has 0 heterocycles. The molecule has 0 aliphatic rings. The third-order valence-electron chi connectivity index (χ3n) is 0. The van der Waals surface area contributed by atoms with Crippen molar-refractivity contribution >= 4 is 13.6 Å². The average Bonchev–Trinajstić information content (AvgIpc) is 1.41. The summed E-state index contributed by atoms with van der Waals surface area (Å²) in [4.78, 5) is 0. The fourth-order valence-corrected chi connectivity index (χ4v) is 0. The molecule has 0 rings (SSSR count). The van der Waals surface area contributed by atoms with E-state index in [4.69, 9.17) is 0 Å². The summed E-state index contributed by atoms with van der Waals surface area (Å²) in [5.74, 6) is 0. The normalized spacial score (nSPS) is 7.17. The first-order valence-electron chi connectivity index (χ1n) is 0.834. The first kappa shape index (κ1) is 10.00. The van der Waals surface area contributed by atoms with Crippen molar-refractivity contribution in [2.24, 2.45) is 0 Å². The second-order valence-electron chi connectivity index (χ2n) is 0.214. The van der Waals surface area contributed by atoms with Crippen LogP contribution in [0.5, 0.6) is 0 Å². The Bertz CT molecular complexity index is 15.5. The molecule has 6 heavy (non-hydrogen) atoms. The summed E-state index contributed by atoms with van der Waals surface area (Å²) in [6.07, 6.45) is 0. The zero-order valence-corrected chi connectivity index (χ0v) is 7.27. The fourth-order valence-electron chi connectivity index (χ4n) is 0. The van der Waals surface area contributed by atoms with Gasteiger partial charge in [-0.2, -0.15) is 0 Å². The molecular formula is CBrF3Zn. The van der Waals surface area contributed by atoms with Crippen molar-refractivity contribution in [2.45, 2.75) is 0 Å². The minimum absolute atomic E-state index is 1.19. The Kier molecular flexibility index (Phi) is 15.5. The van der Waals surface area contributed by atoms with E-state index in [1.165, 1.54) is 16.3 Å². The molecule has 5 heteroatoms. The van der Waals surface area contributed by atoms with E-state index in [0.717, 1.165) is 0 Å². The molecule has 0 atom stereocenters. The van der Waals surface area contributed by atoms with Gasteiger partial charge in [0.05, 0.1) is 0 Å². The van der Waals surface area contributed by atoms with Crippen LogP contribution < -0.4 is 0 Å². The van der Waals surface area contributed by atoms with E-state index < -0.39 is 6.68 Å². The van der Waals surface area contributed by atoms with Crippen LogP contribution in [0, 0.1) is 6.68 Å². The number of halogens is 4. The van der Waals surface area contributed by atoms with E-state index in [2.05, 4.69) is 13.6 Å². The number of hydrogen-bond donors (Lipinski definition) is 0. The molecule has 0 saturated carbocycles. The summed E-state index contributed by atoms with van der Waals surface area (Å²) in [5, 5.41) is 0. The van der Waals surface area contributed by atoms with E-state index in [-0.39, 0.29) is 0 Å². The van der Waals surface area contributed by atoms with E-state index in [0.29, 0.717) is 0 Å². The van der Waals surface area contributed by atoms with Gasteiger partial charge in [-0.3, -0.25) is 0 Å². The zero-order valence-electron chi connectivity index (χ0n) is 2.72. The molecule has 0 aromatic carbocycles. The standard InChI is InChI=1S/CF3.BrH.Zn/c2-1(3)4;;/h;1H;/q-1;;+2/p-1. The summed E-state index contributed by atoms with van der Waals surface area (Å²) in [7, 11) is 0. The summed E-state index contributed by atoms with van der Waals surface area (Å²) in [6.45, 7) is -3.08. The Morgan fingerprint density at radius 1 is 1.17 bits per heavy atom. The Morgan fingerprint density at radius 2 is 1.17 bits per heavy atom. The van der Waals surface area contributed by atoms with Crippen molar-refractivity contribution in [1.82, 2.24) is 0 Å². The molecule has 0 radical (unpaired) electrons. The molecule has 0 saturated heterocycles. The van der Waals surface area contributed by atoms with Crippen LogP contribution in [0.25, 0.3) is 0 Å². The van der Waals surface area contributed by atoms with Gasteiger partial charge in [0.2, 0.25) is 0 Å². The van der Waals surface area contributed by atoms with Gasteiger partial charge in [-0.05, 0) is 0 Å². The molecule has 0 fully saturated rings. The maximum absolute atomic E-state index is 9.58. The Labute approximate surface area is 50.1 Å². The predicted molar refractivity (Wildman–Crippen MR) is 15.5 cm³/mol. The van der Waals surface area contributed by atoms with E-state index in [9.17, 15) is 13.2 Å². The Balaban J connectivity index is 0. The van der Waals surface area contributed by atoms with Crippen LogP contribution >= 0.6 is 13.6 Å². The molecule has 0 N–H and O–H groups in total. The van der Waals surface area contributed by atoms with E-state index in [1.54, 1.807) is 0 Å². The van der Waals surface area contributed by atoms with E-state index >= 15 is 0 Å². The molecule has 0 aliphatic heterocycles. The number of rotatable bonds is 0. The molecule has 0 unspecified atom stereocenters. The molecule has 0 aliphatic carbocycles. The van der Waals surface area contributed by atoms with E-state index in [1.807, 2.05) is 0 Å². The molecule has 0 amide bonds. The van der Waals surface area contributed by atoms with Crippen LogP contribution in [0.2, 0.25) is 0 Å². The molecule has 0 spiro atoms. The van der Waals surface area contributed by atoms with Crippen molar-refractivity contribution in [3.63, 3.8) is 0 Å². The first-order chi connectivity index (χ1) is 2.73. The van der Waals surface area contributed by atoms with Gasteiger partial charge in [-0.15, -0.1) is 0 Å². The SMILES string of the molecule is F[C-](F)F.[Zn+][Br]. The van der Waals surface area contributed by atoms with Crippen LogP contribution in [-0.2, 0) is 16.3 Å². The summed E-state index contributed by atoms with van der Waals surface area (Å²) in [5.41, 5.74) is 0. The zero-order chi connectivity index (χ0) is 5.58. The van der Waals surface area contributed by atoms with Gasteiger partial charge in [-0.25, -0.2) is 0 Å². The predicted octanol–water partition coefficient (Wildman–Crippen LogP) is 2.18. The van der Waals surface area contributed by atoms with Crippen LogP contribution in [0.1, 0.15) is 0 Å². The summed E-state index contributed by atoms with van der Waals surface area (Å²) >= 11 is 4.25. The molecule has 34 valence electrons. The topological polar surface area (TPSA) is 0 Å². The fraction of sp³-hybridized carbons (Fsp3) is 0. The van der Waals surface area contributed by atoms with Gasteiger partial charge < -0.3 is 13.2 Å². The van der Waals surface area contributed by atoms with Gasteiger partial charge in [0.15, 0.2) is 6.68 Å². The molecule has 0 bridgehead atoms. The van der Waals surface area contributed by atoms with Crippen LogP contribution in [0.4, 0.5) is 13.2 Å². The molecule has 0 aromatic rings. The Hall–Kier alpha value is 0.893. The number of hydrogen-bond acceptors (Lipinski definition) is 0. The van der Waals surface area contributed by atoms with Gasteiger partial charge in [0.25, 0.3) is 0 Å². The van der Waals surface area contributed by atoms with Gasteiger partial charge in [-0.1, -0.05) is 0 Å². The quantitative estimate of drug-likeness (QED) is 0.428. The first-order valence-corrected chi connectivity index (χ1v) is 7.78. The minimum atomic E-state index is -3.08. The third kappa shape index (κ3) is 92.9. The second kappa shape index (κ2) is 9.31. The summed E-state index contributed by atoms with van der Waals surface area (Å²) < 4.78 is 28.8. The third-order valence-corrected chi connectivity index (χ3v) is 0. The average molecular weight is 214 g/mol. The summed E-state index contributed by atoms with van der Waals surface area (Å²) in [6, 6.07) is 0. The molecule has 0 aromatic heterocycles. The van der Waals surface area contributed by atoms with Crippen molar-refractivity contribution in [1.29, 1.82) is 0 Å². The van der Waals surface area contributed by atoms with Crippen LogP contribution in [-0.4, -0.2) is 0 Å². The monoisotopic (exact) mass is 212 g/mol. The molecule has 0 nitrogen and oxygen atoms in total. The second-order valence-corrected chi connectivity index (χ2v) is 0.214. The van der Waals surface area contributed by atoms with Gasteiger partial charge >= 0.3 is 30.0 Å². The van der Waals surface area contributed by atoms with Crippen molar-refractivity contribution < 1.29 is 29.5 Å². The Morgan fingerprint density at radius 3 is 1.17 bits per heavy atom. The molecular weight excluding hydrogens is 214 g/mol.